The van der Waals surface area contributed by atoms with E-state index in [4.69, 9.17) is 39.5 Å². The monoisotopic (exact) mass is 500 g/mol. The van der Waals surface area contributed by atoms with E-state index in [-0.39, 0.29) is 21.3 Å². The lowest BCUT2D eigenvalue weighted by Crippen LogP contribution is -2.54. The number of anilines is 1. The van der Waals surface area contributed by atoms with Gasteiger partial charge in [0.15, 0.2) is 0 Å². The van der Waals surface area contributed by atoms with E-state index in [0.29, 0.717) is 22.9 Å². The molecule has 1 fully saturated rings. The standard InChI is InChI=1S/C24H15Cl3N2O4/c25-16-5-1-15(2-6-16)13-33-18-8-3-14(4-9-18)11-19-22(30)28-24(32)29(23(19)31)17-7-10-20(26)21(27)12-17/h1-12H,13H2,(H,28,30,32)/b19-11+. The van der Waals surface area contributed by atoms with Crippen LogP contribution < -0.4 is 15.0 Å². The number of barbiturate groups is 1. The van der Waals surface area contributed by atoms with Crippen LogP contribution in [0.3, 0.4) is 0 Å². The van der Waals surface area contributed by atoms with Crippen LogP contribution in [-0.2, 0) is 16.2 Å². The first kappa shape index (κ1) is 22.9. The number of nitrogens with zero attached hydrogens (tertiary/aromatic N) is 1. The number of hydrogen-bond donors (Lipinski definition) is 1. The minimum atomic E-state index is -0.869. The Labute approximate surface area is 204 Å². The highest BCUT2D eigenvalue weighted by Gasteiger charge is 2.37. The van der Waals surface area contributed by atoms with Crippen molar-refractivity contribution >= 4 is 64.4 Å². The molecule has 33 heavy (non-hydrogen) atoms. The Morgan fingerprint density at radius 3 is 2.21 bits per heavy atom. The van der Waals surface area contributed by atoms with Gasteiger partial charge in [-0.15, -0.1) is 0 Å². The van der Waals surface area contributed by atoms with Gasteiger partial charge in [-0.05, 0) is 59.7 Å². The number of imide groups is 2. The largest absolute Gasteiger partial charge is 0.489 e. The maximum Gasteiger partial charge on any atom is 0.335 e. The van der Waals surface area contributed by atoms with E-state index in [1.54, 1.807) is 36.4 Å². The molecule has 1 N–H and O–H groups in total. The second-order valence-electron chi connectivity index (χ2n) is 7.04. The van der Waals surface area contributed by atoms with Crippen LogP contribution in [0.15, 0.2) is 72.3 Å². The third kappa shape index (κ3) is 5.20. The van der Waals surface area contributed by atoms with E-state index < -0.39 is 17.8 Å². The predicted molar refractivity (Wildman–Crippen MR) is 128 cm³/mol. The lowest BCUT2D eigenvalue weighted by molar-refractivity contribution is -0.122. The van der Waals surface area contributed by atoms with Crippen molar-refractivity contribution in [1.29, 1.82) is 0 Å². The summed E-state index contributed by atoms with van der Waals surface area (Å²) in [6, 6.07) is 17.6. The molecular formula is C24H15Cl3N2O4. The minimum absolute atomic E-state index is 0.173. The molecule has 0 bridgehead atoms. The summed E-state index contributed by atoms with van der Waals surface area (Å²) >= 11 is 17.8. The van der Waals surface area contributed by atoms with Crippen molar-refractivity contribution in [2.75, 3.05) is 4.90 Å². The van der Waals surface area contributed by atoms with E-state index in [0.717, 1.165) is 10.5 Å². The summed E-state index contributed by atoms with van der Waals surface area (Å²) < 4.78 is 5.74. The molecule has 1 heterocycles. The molecule has 3 aromatic rings. The molecule has 0 atom stereocenters. The SMILES string of the molecule is O=C1NC(=O)N(c2ccc(Cl)c(Cl)c2)C(=O)/C1=C/c1ccc(OCc2ccc(Cl)cc2)cc1. The predicted octanol–water partition coefficient (Wildman–Crippen LogP) is 5.89. The van der Waals surface area contributed by atoms with Crippen LogP contribution in [0.4, 0.5) is 10.5 Å². The molecule has 1 saturated heterocycles. The number of benzene rings is 3. The Balaban J connectivity index is 1.52. The van der Waals surface area contributed by atoms with Gasteiger partial charge < -0.3 is 4.74 Å². The first-order chi connectivity index (χ1) is 15.8. The maximum atomic E-state index is 13.0. The zero-order valence-corrected chi connectivity index (χ0v) is 19.1. The molecule has 0 saturated carbocycles. The number of rotatable bonds is 5. The molecule has 6 nitrogen and oxygen atoms in total. The number of carbonyl (C=O) groups excluding carboxylic acids is 3. The summed E-state index contributed by atoms with van der Waals surface area (Å²) in [7, 11) is 0. The summed E-state index contributed by atoms with van der Waals surface area (Å²) in [5.41, 5.74) is 1.53. The normalized spacial score (nSPS) is 15.1. The van der Waals surface area contributed by atoms with E-state index in [1.807, 2.05) is 12.1 Å². The average Bonchev–Trinajstić information content (AvgIpc) is 2.79. The van der Waals surface area contributed by atoms with Crippen molar-refractivity contribution in [1.82, 2.24) is 5.32 Å². The van der Waals surface area contributed by atoms with Crippen LogP contribution in [0, 0.1) is 0 Å². The molecule has 166 valence electrons. The average molecular weight is 502 g/mol. The fourth-order valence-corrected chi connectivity index (χ4v) is 3.51. The van der Waals surface area contributed by atoms with Crippen molar-refractivity contribution in [2.45, 2.75) is 6.61 Å². The van der Waals surface area contributed by atoms with E-state index in [9.17, 15) is 14.4 Å². The first-order valence-corrected chi connectivity index (χ1v) is 10.8. The Bertz CT molecular complexity index is 1270. The van der Waals surface area contributed by atoms with Gasteiger partial charge in [0.2, 0.25) is 0 Å². The highest BCUT2D eigenvalue weighted by molar-refractivity contribution is 6.43. The molecule has 0 aromatic heterocycles. The lowest BCUT2D eigenvalue weighted by atomic mass is 10.1. The highest BCUT2D eigenvalue weighted by atomic mass is 35.5. The second kappa shape index (κ2) is 9.67. The van der Waals surface area contributed by atoms with Gasteiger partial charge in [0.05, 0.1) is 15.7 Å². The molecule has 4 rings (SSSR count). The van der Waals surface area contributed by atoms with Crippen LogP contribution in [0.1, 0.15) is 11.1 Å². The van der Waals surface area contributed by atoms with Crippen LogP contribution in [-0.4, -0.2) is 17.8 Å². The van der Waals surface area contributed by atoms with Crippen LogP contribution in [0.5, 0.6) is 5.75 Å². The van der Waals surface area contributed by atoms with Gasteiger partial charge in [0, 0.05) is 5.02 Å². The Morgan fingerprint density at radius 2 is 1.55 bits per heavy atom. The number of halogens is 3. The summed E-state index contributed by atoms with van der Waals surface area (Å²) in [6.07, 6.45) is 1.40. The van der Waals surface area contributed by atoms with Crippen molar-refractivity contribution in [2.24, 2.45) is 0 Å². The zero-order valence-electron chi connectivity index (χ0n) is 16.8. The quantitative estimate of drug-likeness (QED) is 0.349. The van der Waals surface area contributed by atoms with E-state index in [1.165, 1.54) is 24.3 Å². The third-order valence-corrected chi connectivity index (χ3v) is 5.76. The van der Waals surface area contributed by atoms with Gasteiger partial charge in [0.25, 0.3) is 11.8 Å². The summed E-state index contributed by atoms with van der Waals surface area (Å²) in [5, 5.41) is 3.26. The molecule has 4 amide bonds. The van der Waals surface area contributed by atoms with Gasteiger partial charge in [-0.2, -0.15) is 0 Å². The van der Waals surface area contributed by atoms with Gasteiger partial charge in [-0.25, -0.2) is 9.69 Å². The Morgan fingerprint density at radius 1 is 0.848 bits per heavy atom. The maximum absolute atomic E-state index is 13.0. The molecule has 3 aromatic carbocycles. The molecule has 0 spiro atoms. The Kier molecular flexibility index (Phi) is 6.70. The number of carbonyl (C=O) groups is 3. The lowest BCUT2D eigenvalue weighted by Gasteiger charge is -2.26. The molecule has 1 aliphatic rings. The number of amides is 4. The number of hydrogen-bond acceptors (Lipinski definition) is 4. The molecule has 0 radical (unpaired) electrons. The van der Waals surface area contributed by atoms with Crippen LogP contribution in [0.2, 0.25) is 15.1 Å². The van der Waals surface area contributed by atoms with Crippen molar-refractivity contribution < 1.29 is 19.1 Å². The topological polar surface area (TPSA) is 75.7 Å². The number of urea groups is 1. The molecule has 0 aliphatic carbocycles. The van der Waals surface area contributed by atoms with Crippen molar-refractivity contribution in [3.05, 3.63) is 98.5 Å². The molecule has 1 aliphatic heterocycles. The van der Waals surface area contributed by atoms with Crippen molar-refractivity contribution in [3.63, 3.8) is 0 Å². The second-order valence-corrected chi connectivity index (χ2v) is 8.29. The van der Waals surface area contributed by atoms with Gasteiger partial charge in [-0.1, -0.05) is 59.1 Å². The molecular weight excluding hydrogens is 487 g/mol. The zero-order chi connectivity index (χ0) is 23.5. The van der Waals surface area contributed by atoms with Crippen LogP contribution in [0.25, 0.3) is 6.08 Å². The summed E-state index contributed by atoms with van der Waals surface area (Å²) in [6.45, 7) is 0.360. The minimum Gasteiger partial charge on any atom is -0.489 e. The van der Waals surface area contributed by atoms with Gasteiger partial charge in [-0.3, -0.25) is 14.9 Å². The smallest absolute Gasteiger partial charge is 0.335 e. The third-order valence-electron chi connectivity index (χ3n) is 4.77. The van der Waals surface area contributed by atoms with Gasteiger partial charge >= 0.3 is 6.03 Å². The first-order valence-electron chi connectivity index (χ1n) is 9.65. The number of ether oxygens (including phenoxy) is 1. The highest BCUT2D eigenvalue weighted by Crippen LogP contribution is 2.29. The van der Waals surface area contributed by atoms with Gasteiger partial charge in [0.1, 0.15) is 17.9 Å². The fourth-order valence-electron chi connectivity index (χ4n) is 3.09. The summed E-state index contributed by atoms with van der Waals surface area (Å²) in [4.78, 5) is 38.4. The summed E-state index contributed by atoms with van der Waals surface area (Å²) in [5.74, 6) is -0.950. The molecule has 9 heteroatoms. The Hall–Kier alpha value is -3.32. The number of nitrogens with one attached hydrogen (secondary N) is 1. The van der Waals surface area contributed by atoms with E-state index >= 15 is 0 Å². The van der Waals surface area contributed by atoms with Crippen molar-refractivity contribution in [3.8, 4) is 5.75 Å². The molecule has 0 unspecified atom stereocenters. The van der Waals surface area contributed by atoms with Crippen LogP contribution >= 0.6 is 34.8 Å². The van der Waals surface area contributed by atoms with E-state index in [2.05, 4.69) is 5.32 Å². The fraction of sp³-hybridized carbons (Fsp3) is 0.0417.